The average Bonchev–Trinajstić information content (AvgIpc) is 3.31. The van der Waals surface area contributed by atoms with Crippen molar-refractivity contribution >= 4 is 5.97 Å². The van der Waals surface area contributed by atoms with E-state index in [0.717, 1.165) is 41.5 Å². The Kier molecular flexibility index (Phi) is 6.31. The average molecular weight is 357 g/mol. The molecule has 5 nitrogen and oxygen atoms in total. The number of hydrogen-bond acceptors (Lipinski definition) is 5. The molecule has 0 spiro atoms. The minimum atomic E-state index is -0.253. The Morgan fingerprint density at radius 1 is 1.31 bits per heavy atom. The van der Waals surface area contributed by atoms with Crippen molar-refractivity contribution in [3.63, 3.8) is 0 Å². The summed E-state index contributed by atoms with van der Waals surface area (Å²) in [6.07, 6.45) is 6.74. The zero-order chi connectivity index (χ0) is 18.4. The molecule has 0 atom stereocenters. The zero-order valence-corrected chi connectivity index (χ0v) is 15.6. The molecule has 1 aromatic heterocycles. The number of esters is 1. The molecule has 1 aromatic carbocycles. The molecule has 0 amide bonds. The third-order valence-corrected chi connectivity index (χ3v) is 4.90. The van der Waals surface area contributed by atoms with Gasteiger partial charge in [0, 0.05) is 18.8 Å². The van der Waals surface area contributed by atoms with Gasteiger partial charge < -0.3 is 13.9 Å². The molecular weight excluding hydrogens is 330 g/mol. The highest BCUT2D eigenvalue weighted by atomic mass is 16.5. The van der Waals surface area contributed by atoms with Crippen molar-refractivity contribution in [1.29, 1.82) is 0 Å². The molecule has 1 heterocycles. The van der Waals surface area contributed by atoms with Gasteiger partial charge in [-0.15, -0.1) is 0 Å². The normalized spacial score (nSPS) is 14.5. The van der Waals surface area contributed by atoms with Crippen molar-refractivity contribution in [1.82, 2.24) is 4.98 Å². The summed E-state index contributed by atoms with van der Waals surface area (Å²) in [7, 11) is 1.39. The molecule has 1 aliphatic rings. The molecule has 0 radical (unpaired) electrons. The van der Waals surface area contributed by atoms with Gasteiger partial charge in [0.25, 0.3) is 0 Å². The van der Waals surface area contributed by atoms with Crippen LogP contribution in [0.4, 0.5) is 0 Å². The van der Waals surface area contributed by atoms with E-state index in [2.05, 4.69) is 6.92 Å². The molecule has 0 N–H and O–H groups in total. The van der Waals surface area contributed by atoms with Crippen LogP contribution in [0.15, 0.2) is 28.7 Å². The van der Waals surface area contributed by atoms with Gasteiger partial charge in [-0.3, -0.25) is 4.79 Å². The highest BCUT2D eigenvalue weighted by Gasteiger charge is 2.23. The fourth-order valence-corrected chi connectivity index (χ4v) is 3.47. The first kappa shape index (κ1) is 18.5. The van der Waals surface area contributed by atoms with E-state index in [-0.39, 0.29) is 12.4 Å². The lowest BCUT2D eigenvalue weighted by molar-refractivity contribution is -0.139. The van der Waals surface area contributed by atoms with Crippen LogP contribution >= 0.6 is 0 Å². The molecule has 0 bridgehead atoms. The van der Waals surface area contributed by atoms with E-state index in [4.69, 9.17) is 18.9 Å². The number of carbonyl (C=O) groups is 1. The lowest BCUT2D eigenvalue weighted by Gasteiger charge is -2.07. The number of carbonyl (C=O) groups excluding carboxylic acids is 1. The Morgan fingerprint density at radius 3 is 2.85 bits per heavy atom. The maximum atomic E-state index is 11.4. The van der Waals surface area contributed by atoms with Gasteiger partial charge in [0.15, 0.2) is 5.89 Å². The fourth-order valence-electron chi connectivity index (χ4n) is 3.47. The Balaban J connectivity index is 1.57. The summed E-state index contributed by atoms with van der Waals surface area (Å²) in [5.74, 6) is 2.88. The van der Waals surface area contributed by atoms with Crippen LogP contribution in [0.25, 0.3) is 0 Å². The summed E-state index contributed by atoms with van der Waals surface area (Å²) in [6.45, 7) is 2.63. The van der Waals surface area contributed by atoms with Gasteiger partial charge in [-0.2, -0.15) is 0 Å². The lowest BCUT2D eigenvalue weighted by atomic mass is 10.1. The van der Waals surface area contributed by atoms with Gasteiger partial charge in [0.2, 0.25) is 0 Å². The van der Waals surface area contributed by atoms with Crippen LogP contribution in [-0.4, -0.2) is 24.7 Å². The van der Waals surface area contributed by atoms with E-state index in [1.165, 1.54) is 32.8 Å². The van der Waals surface area contributed by atoms with Crippen molar-refractivity contribution in [3.8, 4) is 5.75 Å². The van der Waals surface area contributed by atoms with Gasteiger partial charge in [-0.05, 0) is 30.5 Å². The summed E-state index contributed by atoms with van der Waals surface area (Å²) in [4.78, 5) is 16.1. The summed E-state index contributed by atoms with van der Waals surface area (Å²) >= 11 is 0. The van der Waals surface area contributed by atoms with Crippen LogP contribution in [0.3, 0.4) is 0 Å². The monoisotopic (exact) mass is 357 g/mol. The molecule has 0 unspecified atom stereocenters. The van der Waals surface area contributed by atoms with Gasteiger partial charge in [0.1, 0.15) is 11.5 Å². The van der Waals surface area contributed by atoms with Crippen molar-refractivity contribution in [2.75, 3.05) is 13.7 Å². The Morgan fingerprint density at radius 2 is 2.12 bits per heavy atom. The Hall–Kier alpha value is -2.30. The predicted octanol–water partition coefficient (Wildman–Crippen LogP) is 4.23. The molecule has 0 aliphatic heterocycles. The Bertz CT molecular complexity index is 731. The van der Waals surface area contributed by atoms with E-state index < -0.39 is 0 Å². The number of rotatable bonds is 8. The topological polar surface area (TPSA) is 61.6 Å². The van der Waals surface area contributed by atoms with Crippen molar-refractivity contribution in [2.45, 2.75) is 57.8 Å². The van der Waals surface area contributed by atoms with E-state index in [9.17, 15) is 4.79 Å². The number of hydrogen-bond donors (Lipinski definition) is 0. The highest BCUT2D eigenvalue weighted by Crippen LogP contribution is 2.34. The van der Waals surface area contributed by atoms with E-state index in [1.54, 1.807) is 0 Å². The smallest absolute Gasteiger partial charge is 0.309 e. The van der Waals surface area contributed by atoms with E-state index in [0.29, 0.717) is 12.5 Å². The first-order valence-electron chi connectivity index (χ1n) is 9.46. The van der Waals surface area contributed by atoms with Crippen LogP contribution < -0.4 is 4.74 Å². The van der Waals surface area contributed by atoms with Crippen molar-refractivity contribution in [3.05, 3.63) is 47.2 Å². The maximum Gasteiger partial charge on any atom is 0.309 e. The van der Waals surface area contributed by atoms with Gasteiger partial charge in [-0.1, -0.05) is 31.9 Å². The largest absolute Gasteiger partial charge is 0.493 e. The minimum absolute atomic E-state index is 0.252. The first-order chi connectivity index (χ1) is 12.7. The summed E-state index contributed by atoms with van der Waals surface area (Å²) in [5.41, 5.74) is 1.90. The third kappa shape index (κ3) is 4.65. The maximum absolute atomic E-state index is 11.4. The third-order valence-electron chi connectivity index (χ3n) is 4.90. The molecule has 5 heteroatoms. The fraction of sp³-hybridized carbons (Fsp3) is 0.524. The lowest BCUT2D eigenvalue weighted by Crippen LogP contribution is -2.06. The number of oxazole rings is 1. The molecule has 0 saturated heterocycles. The van der Waals surface area contributed by atoms with Gasteiger partial charge in [0.05, 0.1) is 25.8 Å². The summed E-state index contributed by atoms with van der Waals surface area (Å²) < 4.78 is 16.6. The van der Waals surface area contributed by atoms with Gasteiger partial charge >= 0.3 is 5.97 Å². The number of aromatic nitrogens is 1. The van der Waals surface area contributed by atoms with E-state index >= 15 is 0 Å². The summed E-state index contributed by atoms with van der Waals surface area (Å²) in [6, 6.07) is 7.56. The molecule has 1 saturated carbocycles. The van der Waals surface area contributed by atoms with E-state index in [1.807, 2.05) is 24.3 Å². The van der Waals surface area contributed by atoms with Crippen molar-refractivity contribution in [2.24, 2.45) is 0 Å². The van der Waals surface area contributed by atoms with Gasteiger partial charge in [-0.25, -0.2) is 4.98 Å². The van der Waals surface area contributed by atoms with Crippen LogP contribution in [0.1, 0.15) is 61.4 Å². The number of ether oxygens (including phenoxy) is 2. The molecule has 140 valence electrons. The van der Waals surface area contributed by atoms with Crippen LogP contribution in [0, 0.1) is 0 Å². The molecule has 1 aliphatic carbocycles. The zero-order valence-electron chi connectivity index (χ0n) is 15.6. The second-order valence-electron chi connectivity index (χ2n) is 6.76. The molecule has 26 heavy (non-hydrogen) atoms. The second kappa shape index (κ2) is 8.88. The van der Waals surface area contributed by atoms with Crippen LogP contribution in [-0.2, 0) is 28.8 Å². The van der Waals surface area contributed by atoms with Crippen LogP contribution in [0.5, 0.6) is 5.75 Å². The predicted molar refractivity (Wildman–Crippen MR) is 98.5 cm³/mol. The Labute approximate surface area is 154 Å². The molecule has 1 fully saturated rings. The first-order valence-corrected chi connectivity index (χ1v) is 9.46. The standard InChI is InChI=1S/C21H27NO4/c1-3-19-18(22-21(26-19)16-8-4-5-9-16)11-12-25-17-10-6-7-15(13-17)14-20(23)24-2/h6-7,10,13,16H,3-5,8-9,11-12,14H2,1-2H3. The number of aryl methyl sites for hydroxylation is 1. The highest BCUT2D eigenvalue weighted by molar-refractivity contribution is 5.72. The number of benzene rings is 1. The SMILES string of the molecule is CCc1oc(C2CCCC2)nc1CCOc1cccc(CC(=O)OC)c1. The molecule has 2 aromatic rings. The molecular formula is C21H27NO4. The summed E-state index contributed by atoms with van der Waals surface area (Å²) in [5, 5.41) is 0. The quantitative estimate of drug-likeness (QED) is 0.662. The number of nitrogens with zero attached hydrogens (tertiary/aromatic N) is 1. The van der Waals surface area contributed by atoms with Crippen LogP contribution in [0.2, 0.25) is 0 Å². The second-order valence-corrected chi connectivity index (χ2v) is 6.76. The molecule has 3 rings (SSSR count). The number of methoxy groups -OCH3 is 1. The minimum Gasteiger partial charge on any atom is -0.493 e. The van der Waals surface area contributed by atoms with Crippen molar-refractivity contribution < 1.29 is 18.7 Å².